The molecular weight excluding hydrogens is 471 g/mol. The molecule has 206 valence electrons. The lowest BCUT2D eigenvalue weighted by Gasteiger charge is -2.60. The van der Waals surface area contributed by atoms with E-state index >= 15 is 0 Å². The molecule has 6 heteroatoms. The van der Waals surface area contributed by atoms with Crippen LogP contribution in [-0.4, -0.2) is 35.1 Å². The summed E-state index contributed by atoms with van der Waals surface area (Å²) in [5.41, 5.74) is -0.535. The highest BCUT2D eigenvalue weighted by atomic mass is 19.2. The lowest BCUT2D eigenvalue weighted by Crippen LogP contribution is -2.58. The third kappa shape index (κ3) is 3.39. The fourth-order valence-corrected chi connectivity index (χ4v) is 11.7. The summed E-state index contributed by atoms with van der Waals surface area (Å²) in [6.45, 7) is 12.6. The van der Waals surface area contributed by atoms with Gasteiger partial charge in [-0.15, -0.1) is 0 Å². The summed E-state index contributed by atoms with van der Waals surface area (Å²) in [5, 5.41) is 0. The van der Waals surface area contributed by atoms with E-state index in [2.05, 4.69) is 27.7 Å². The van der Waals surface area contributed by atoms with Crippen molar-refractivity contribution in [2.75, 3.05) is 0 Å². The Morgan fingerprint density at radius 1 is 0.946 bits per heavy atom. The molecule has 8 atom stereocenters. The van der Waals surface area contributed by atoms with Gasteiger partial charge in [0.2, 0.25) is 5.85 Å². The van der Waals surface area contributed by atoms with E-state index in [-0.39, 0.29) is 46.4 Å². The molecule has 1 spiro atoms. The molecule has 5 nitrogen and oxygen atoms in total. The molecule has 5 aliphatic carbocycles. The third-order valence-electron chi connectivity index (χ3n) is 12.9. The Morgan fingerprint density at radius 2 is 1.57 bits per heavy atom. The van der Waals surface area contributed by atoms with Crippen molar-refractivity contribution in [2.45, 2.75) is 116 Å². The first-order valence-electron chi connectivity index (χ1n) is 15.0. The van der Waals surface area contributed by atoms with Crippen molar-refractivity contribution in [1.82, 2.24) is 0 Å². The van der Waals surface area contributed by atoms with Gasteiger partial charge in [-0.1, -0.05) is 20.8 Å². The smallest absolute Gasteiger partial charge is 0.317 e. The second kappa shape index (κ2) is 7.59. The van der Waals surface area contributed by atoms with E-state index in [9.17, 15) is 14.0 Å². The molecule has 8 fully saturated rings. The average molecular weight is 517 g/mol. The van der Waals surface area contributed by atoms with Crippen molar-refractivity contribution in [3.05, 3.63) is 0 Å². The van der Waals surface area contributed by atoms with Gasteiger partial charge in [0.15, 0.2) is 0 Å². The summed E-state index contributed by atoms with van der Waals surface area (Å²) in [5.74, 6) is -0.573. The summed E-state index contributed by atoms with van der Waals surface area (Å²) in [6.07, 6.45) is 8.62. The number of fused-ring (bicyclic) bond motifs is 2. The summed E-state index contributed by atoms with van der Waals surface area (Å²) in [6, 6.07) is 0. The first-order chi connectivity index (χ1) is 17.2. The van der Waals surface area contributed by atoms with Crippen LogP contribution in [-0.2, 0) is 23.8 Å². The van der Waals surface area contributed by atoms with Gasteiger partial charge in [-0.25, -0.2) is 4.39 Å². The fourth-order valence-electron chi connectivity index (χ4n) is 11.7. The number of cyclic esters (lactones) is 2. The van der Waals surface area contributed by atoms with Crippen molar-refractivity contribution >= 4 is 11.9 Å². The highest BCUT2D eigenvalue weighted by Crippen LogP contribution is 2.67. The standard InChI is InChI=1S/C31H45FO5/c1-15-21-12-22(36-30(21,6)32)24(15)25-20(26(33)35-27(25)34)13-28(2,3)23-14-31(37-29(23,4)5)18-8-16-7-17(10-18)11-19(31)9-16/h15-25H,7-14H2,1-6H3. The molecule has 37 heavy (non-hydrogen) atoms. The summed E-state index contributed by atoms with van der Waals surface area (Å²) in [4.78, 5) is 26.2. The quantitative estimate of drug-likeness (QED) is 0.335. The molecule has 8 unspecified atom stereocenters. The second-order valence-electron chi connectivity index (χ2n) is 15.7. The maximum Gasteiger partial charge on any atom is 0.317 e. The van der Waals surface area contributed by atoms with Crippen LogP contribution in [0, 0.1) is 64.6 Å². The highest BCUT2D eigenvalue weighted by Gasteiger charge is 2.68. The number of hydrogen-bond donors (Lipinski definition) is 0. The molecule has 0 amide bonds. The number of alkyl halides is 1. The van der Waals surface area contributed by atoms with Gasteiger partial charge >= 0.3 is 11.9 Å². The van der Waals surface area contributed by atoms with E-state index in [4.69, 9.17) is 14.2 Å². The Kier molecular flexibility index (Phi) is 5.13. The molecule has 3 aliphatic heterocycles. The van der Waals surface area contributed by atoms with Crippen molar-refractivity contribution in [3.8, 4) is 0 Å². The number of halogens is 1. The van der Waals surface area contributed by atoms with Gasteiger partial charge in [0.05, 0.1) is 29.1 Å². The minimum Gasteiger partial charge on any atom is -0.393 e. The van der Waals surface area contributed by atoms with Crippen molar-refractivity contribution in [1.29, 1.82) is 0 Å². The molecule has 0 aromatic carbocycles. The summed E-state index contributed by atoms with van der Waals surface area (Å²) in [7, 11) is 0. The average Bonchev–Trinajstić information content (AvgIpc) is 3.44. The van der Waals surface area contributed by atoms with Crippen LogP contribution < -0.4 is 0 Å². The zero-order valence-corrected chi connectivity index (χ0v) is 23.4. The molecule has 0 N–H and O–H groups in total. The van der Waals surface area contributed by atoms with E-state index in [0.717, 1.165) is 18.3 Å². The molecule has 0 aromatic rings. The SMILES string of the molecule is CC1C(C2C(=O)OC(=O)C2CC(C)(C)C2CC3(OC2(C)C)C2CC4CC(C2)CC3C4)C2CC1C(C)(F)O2. The topological polar surface area (TPSA) is 61.8 Å². The van der Waals surface area contributed by atoms with E-state index in [1.807, 2.05) is 6.92 Å². The van der Waals surface area contributed by atoms with Crippen molar-refractivity contribution in [2.24, 2.45) is 64.6 Å². The van der Waals surface area contributed by atoms with Crippen LogP contribution in [0.5, 0.6) is 0 Å². The zero-order chi connectivity index (χ0) is 26.3. The molecule has 5 saturated carbocycles. The van der Waals surface area contributed by atoms with Gasteiger partial charge in [0.1, 0.15) is 0 Å². The number of ether oxygens (including phenoxy) is 3. The van der Waals surface area contributed by atoms with E-state index in [1.54, 1.807) is 0 Å². The predicted octanol–water partition coefficient (Wildman–Crippen LogP) is 6.09. The molecule has 3 saturated heterocycles. The maximum atomic E-state index is 14.9. The Labute approximate surface area is 220 Å². The summed E-state index contributed by atoms with van der Waals surface area (Å²) < 4.78 is 33.2. The van der Waals surface area contributed by atoms with Crippen LogP contribution in [0.25, 0.3) is 0 Å². The van der Waals surface area contributed by atoms with Crippen molar-refractivity contribution < 1.29 is 28.2 Å². The molecule has 8 aliphatic rings. The van der Waals surface area contributed by atoms with Gasteiger partial charge in [-0.3, -0.25) is 9.59 Å². The van der Waals surface area contributed by atoms with E-state index in [1.165, 1.54) is 39.0 Å². The Bertz CT molecular complexity index is 985. The van der Waals surface area contributed by atoms with Gasteiger partial charge in [0.25, 0.3) is 0 Å². The van der Waals surface area contributed by atoms with Gasteiger partial charge in [0, 0.05) is 11.8 Å². The van der Waals surface area contributed by atoms with Crippen LogP contribution in [0.3, 0.4) is 0 Å². The first-order valence-corrected chi connectivity index (χ1v) is 15.0. The van der Waals surface area contributed by atoms with Crippen LogP contribution >= 0.6 is 0 Å². The number of carbonyl (C=O) groups excluding carboxylic acids is 2. The van der Waals surface area contributed by atoms with Gasteiger partial charge in [-0.2, -0.15) is 0 Å². The number of rotatable bonds is 4. The molecule has 6 bridgehead atoms. The Balaban J connectivity index is 1.15. The number of esters is 2. The van der Waals surface area contributed by atoms with Crippen molar-refractivity contribution in [3.63, 3.8) is 0 Å². The predicted molar refractivity (Wildman–Crippen MR) is 135 cm³/mol. The largest absolute Gasteiger partial charge is 0.393 e. The van der Waals surface area contributed by atoms with E-state index in [0.29, 0.717) is 24.7 Å². The fraction of sp³-hybridized carbons (Fsp3) is 0.935. The van der Waals surface area contributed by atoms with Gasteiger partial charge < -0.3 is 14.2 Å². The van der Waals surface area contributed by atoms with E-state index < -0.39 is 29.6 Å². The Hall–Kier alpha value is -1.01. The second-order valence-corrected chi connectivity index (χ2v) is 15.7. The Morgan fingerprint density at radius 3 is 2.14 bits per heavy atom. The minimum atomic E-state index is -1.65. The highest BCUT2D eigenvalue weighted by molar-refractivity contribution is 5.96. The molecule has 0 radical (unpaired) electrons. The maximum absolute atomic E-state index is 14.9. The summed E-state index contributed by atoms with van der Waals surface area (Å²) >= 11 is 0. The van der Waals surface area contributed by atoms with Crippen LogP contribution in [0.2, 0.25) is 0 Å². The lowest BCUT2D eigenvalue weighted by molar-refractivity contribution is -0.216. The van der Waals surface area contributed by atoms with Crippen LogP contribution in [0.1, 0.15) is 92.9 Å². The number of carbonyl (C=O) groups is 2. The van der Waals surface area contributed by atoms with Gasteiger partial charge in [-0.05, 0) is 113 Å². The molecule has 0 aromatic heterocycles. The minimum absolute atomic E-state index is 0.0228. The van der Waals surface area contributed by atoms with Crippen LogP contribution in [0.15, 0.2) is 0 Å². The normalized spacial score (nSPS) is 55.6. The first kappa shape index (κ1) is 25.0. The number of hydrogen-bond acceptors (Lipinski definition) is 5. The molecular formula is C31H45FO5. The molecule has 3 heterocycles. The lowest BCUT2D eigenvalue weighted by atomic mass is 9.48. The monoisotopic (exact) mass is 516 g/mol. The zero-order valence-electron chi connectivity index (χ0n) is 23.4. The van der Waals surface area contributed by atoms with Crippen LogP contribution in [0.4, 0.5) is 4.39 Å². The molecule has 8 rings (SSSR count). The third-order valence-corrected chi connectivity index (χ3v) is 12.9.